The molecule has 17 heavy (non-hydrogen) atoms. The van der Waals surface area contributed by atoms with Crippen LogP contribution in [0, 0.1) is 0 Å². The number of ether oxygens (including phenoxy) is 1. The number of aromatic nitrogens is 1. The standard InChI is InChI=1S/C11H15BrN2O3/c1-3-17-10(15)4-5-14(2)11(16)9-6-8(12)7-13-9/h6-7,13H,3-5H2,1-2H3. The van der Waals surface area contributed by atoms with Gasteiger partial charge in [0, 0.05) is 24.3 Å². The second-order valence-corrected chi connectivity index (χ2v) is 4.43. The van der Waals surface area contributed by atoms with Crippen molar-refractivity contribution in [1.29, 1.82) is 0 Å². The van der Waals surface area contributed by atoms with Crippen LogP contribution in [0.5, 0.6) is 0 Å². The predicted octanol–water partition coefficient (Wildman–Crippen LogP) is 1.80. The molecular formula is C11H15BrN2O3. The lowest BCUT2D eigenvalue weighted by Crippen LogP contribution is -2.29. The van der Waals surface area contributed by atoms with Crippen LogP contribution in [-0.2, 0) is 9.53 Å². The Hall–Kier alpha value is -1.30. The van der Waals surface area contributed by atoms with Gasteiger partial charge in [-0.25, -0.2) is 0 Å². The van der Waals surface area contributed by atoms with E-state index in [0.29, 0.717) is 18.8 Å². The van der Waals surface area contributed by atoms with Crippen LogP contribution in [0.4, 0.5) is 0 Å². The van der Waals surface area contributed by atoms with E-state index in [9.17, 15) is 9.59 Å². The Labute approximate surface area is 108 Å². The quantitative estimate of drug-likeness (QED) is 0.844. The first-order valence-electron chi connectivity index (χ1n) is 5.29. The largest absolute Gasteiger partial charge is 0.466 e. The van der Waals surface area contributed by atoms with E-state index in [1.54, 1.807) is 26.2 Å². The highest BCUT2D eigenvalue weighted by atomic mass is 79.9. The summed E-state index contributed by atoms with van der Waals surface area (Å²) in [6.45, 7) is 2.46. The van der Waals surface area contributed by atoms with Crippen LogP contribution in [0.3, 0.4) is 0 Å². The minimum Gasteiger partial charge on any atom is -0.466 e. The minimum atomic E-state index is -0.292. The van der Waals surface area contributed by atoms with Gasteiger partial charge in [-0.15, -0.1) is 0 Å². The van der Waals surface area contributed by atoms with E-state index in [0.717, 1.165) is 4.47 Å². The summed E-state index contributed by atoms with van der Waals surface area (Å²) >= 11 is 3.26. The second-order valence-electron chi connectivity index (χ2n) is 3.51. The lowest BCUT2D eigenvalue weighted by Gasteiger charge is -2.15. The summed E-state index contributed by atoms with van der Waals surface area (Å²) in [5.41, 5.74) is 0.489. The zero-order valence-corrected chi connectivity index (χ0v) is 11.4. The van der Waals surface area contributed by atoms with Gasteiger partial charge >= 0.3 is 5.97 Å². The van der Waals surface area contributed by atoms with Crippen LogP contribution in [0.15, 0.2) is 16.7 Å². The fraction of sp³-hybridized carbons (Fsp3) is 0.455. The fourth-order valence-corrected chi connectivity index (χ4v) is 1.63. The molecule has 0 saturated heterocycles. The van der Waals surface area contributed by atoms with Crippen LogP contribution < -0.4 is 0 Å². The molecule has 0 aromatic carbocycles. The van der Waals surface area contributed by atoms with Gasteiger partial charge in [0.1, 0.15) is 5.69 Å². The van der Waals surface area contributed by atoms with Crippen LogP contribution in [0.2, 0.25) is 0 Å². The van der Waals surface area contributed by atoms with Gasteiger partial charge in [-0.2, -0.15) is 0 Å². The van der Waals surface area contributed by atoms with E-state index in [4.69, 9.17) is 4.74 Å². The van der Waals surface area contributed by atoms with E-state index in [1.807, 2.05) is 0 Å². The SMILES string of the molecule is CCOC(=O)CCN(C)C(=O)c1cc(Br)c[nH]1. The molecule has 1 heterocycles. The smallest absolute Gasteiger partial charge is 0.307 e. The molecule has 0 unspecified atom stereocenters. The molecule has 1 aromatic rings. The van der Waals surface area contributed by atoms with Crippen molar-refractivity contribution in [1.82, 2.24) is 9.88 Å². The molecule has 0 atom stereocenters. The Balaban J connectivity index is 2.45. The molecule has 5 nitrogen and oxygen atoms in total. The molecular weight excluding hydrogens is 288 g/mol. The topological polar surface area (TPSA) is 62.4 Å². The van der Waals surface area contributed by atoms with Crippen LogP contribution >= 0.6 is 15.9 Å². The zero-order valence-electron chi connectivity index (χ0n) is 9.83. The molecule has 6 heteroatoms. The zero-order chi connectivity index (χ0) is 12.8. The van der Waals surface area contributed by atoms with E-state index in [2.05, 4.69) is 20.9 Å². The minimum absolute atomic E-state index is 0.153. The first-order chi connectivity index (χ1) is 8.04. The van der Waals surface area contributed by atoms with Crippen LogP contribution in [-0.4, -0.2) is 42.0 Å². The number of nitrogens with one attached hydrogen (secondary N) is 1. The van der Waals surface area contributed by atoms with Crippen molar-refractivity contribution in [2.24, 2.45) is 0 Å². The van der Waals surface area contributed by atoms with Crippen molar-refractivity contribution in [2.45, 2.75) is 13.3 Å². The molecule has 0 aliphatic carbocycles. The Morgan fingerprint density at radius 3 is 2.76 bits per heavy atom. The maximum absolute atomic E-state index is 11.9. The molecule has 0 bridgehead atoms. The first kappa shape index (κ1) is 13.8. The van der Waals surface area contributed by atoms with Crippen molar-refractivity contribution in [3.63, 3.8) is 0 Å². The summed E-state index contributed by atoms with van der Waals surface area (Å²) in [5, 5.41) is 0. The molecule has 1 amide bonds. The second kappa shape index (κ2) is 6.44. The fourth-order valence-electron chi connectivity index (χ4n) is 1.29. The van der Waals surface area contributed by atoms with Gasteiger partial charge in [0.25, 0.3) is 5.91 Å². The maximum atomic E-state index is 11.9. The van der Waals surface area contributed by atoms with Gasteiger partial charge in [0.15, 0.2) is 0 Å². The summed E-state index contributed by atoms with van der Waals surface area (Å²) in [5.74, 6) is -0.445. The number of esters is 1. The van der Waals surface area contributed by atoms with Crippen molar-refractivity contribution in [2.75, 3.05) is 20.2 Å². The van der Waals surface area contributed by atoms with Gasteiger partial charge in [-0.05, 0) is 28.9 Å². The average molecular weight is 303 g/mol. The van der Waals surface area contributed by atoms with Gasteiger partial charge in [-0.1, -0.05) is 0 Å². The molecule has 0 spiro atoms. The van der Waals surface area contributed by atoms with E-state index >= 15 is 0 Å². The third-order valence-electron chi connectivity index (χ3n) is 2.18. The van der Waals surface area contributed by atoms with Gasteiger partial charge < -0.3 is 14.6 Å². The maximum Gasteiger partial charge on any atom is 0.307 e. The van der Waals surface area contributed by atoms with E-state index < -0.39 is 0 Å². The third kappa shape index (κ3) is 4.22. The number of amides is 1. The third-order valence-corrected chi connectivity index (χ3v) is 2.64. The number of hydrogen-bond acceptors (Lipinski definition) is 3. The number of hydrogen-bond donors (Lipinski definition) is 1. The van der Waals surface area contributed by atoms with Gasteiger partial charge in [-0.3, -0.25) is 9.59 Å². The average Bonchev–Trinajstić information content (AvgIpc) is 2.72. The highest BCUT2D eigenvalue weighted by molar-refractivity contribution is 9.10. The lowest BCUT2D eigenvalue weighted by atomic mass is 10.3. The molecule has 0 aliphatic heterocycles. The van der Waals surface area contributed by atoms with Gasteiger partial charge in [0.2, 0.25) is 0 Å². The summed E-state index contributed by atoms with van der Waals surface area (Å²) in [6.07, 6.45) is 1.89. The highest BCUT2D eigenvalue weighted by Gasteiger charge is 2.14. The molecule has 1 rings (SSSR count). The molecule has 94 valence electrons. The summed E-state index contributed by atoms with van der Waals surface area (Å²) in [4.78, 5) is 27.3. The van der Waals surface area contributed by atoms with Crippen molar-refractivity contribution < 1.29 is 14.3 Å². The van der Waals surface area contributed by atoms with Crippen LogP contribution in [0.1, 0.15) is 23.8 Å². The van der Waals surface area contributed by atoms with Crippen molar-refractivity contribution in [3.05, 3.63) is 22.4 Å². The number of nitrogens with zero attached hydrogens (tertiary/aromatic N) is 1. The molecule has 0 fully saturated rings. The monoisotopic (exact) mass is 302 g/mol. The molecule has 0 saturated carbocycles. The first-order valence-corrected chi connectivity index (χ1v) is 6.09. The Morgan fingerprint density at radius 2 is 2.24 bits per heavy atom. The number of carbonyl (C=O) groups excluding carboxylic acids is 2. The highest BCUT2D eigenvalue weighted by Crippen LogP contribution is 2.12. The van der Waals surface area contributed by atoms with Crippen LogP contribution in [0.25, 0.3) is 0 Å². The Kier molecular flexibility index (Phi) is 5.21. The Bertz CT molecular complexity index is 403. The predicted molar refractivity (Wildman–Crippen MR) is 66.7 cm³/mol. The molecule has 1 aromatic heterocycles. The number of H-pyrrole nitrogens is 1. The normalized spacial score (nSPS) is 10.1. The van der Waals surface area contributed by atoms with Crippen molar-refractivity contribution in [3.8, 4) is 0 Å². The Morgan fingerprint density at radius 1 is 1.53 bits per heavy atom. The molecule has 0 radical (unpaired) electrons. The molecule has 0 aliphatic rings. The van der Waals surface area contributed by atoms with E-state index in [-0.39, 0.29) is 18.3 Å². The number of aromatic amines is 1. The number of halogens is 1. The van der Waals surface area contributed by atoms with E-state index in [1.165, 1.54) is 4.90 Å². The number of rotatable bonds is 5. The summed E-state index contributed by atoms with van der Waals surface area (Å²) in [6, 6.07) is 1.70. The lowest BCUT2D eigenvalue weighted by molar-refractivity contribution is -0.143. The summed E-state index contributed by atoms with van der Waals surface area (Å²) < 4.78 is 5.61. The van der Waals surface area contributed by atoms with Crippen molar-refractivity contribution >= 4 is 27.8 Å². The number of carbonyl (C=O) groups is 2. The molecule has 1 N–H and O–H groups in total. The summed E-state index contributed by atoms with van der Waals surface area (Å²) in [7, 11) is 1.65. The van der Waals surface area contributed by atoms with Gasteiger partial charge in [0.05, 0.1) is 13.0 Å².